The van der Waals surface area contributed by atoms with Crippen LogP contribution >= 0.6 is 0 Å². The van der Waals surface area contributed by atoms with Crippen LogP contribution in [-0.2, 0) is 0 Å². The number of aromatic nitrogens is 1. The maximum Gasteiger partial charge on any atom is 0.192 e. The monoisotopic (exact) mass is 151 g/mol. The molecule has 0 bridgehead atoms. The summed E-state index contributed by atoms with van der Waals surface area (Å²) in [6, 6.07) is 4.68. The Balaban J connectivity index is 2.90. The van der Waals surface area contributed by atoms with E-state index in [9.17, 15) is 4.39 Å². The van der Waals surface area contributed by atoms with Gasteiger partial charge in [0.15, 0.2) is 17.3 Å². The SMILES string of the molecule is Cc1nc2cccc(F)c2o1. The number of oxazole rings is 1. The van der Waals surface area contributed by atoms with E-state index in [1.807, 2.05) is 0 Å². The summed E-state index contributed by atoms with van der Waals surface area (Å²) in [5.41, 5.74) is 0.813. The van der Waals surface area contributed by atoms with Crippen molar-refractivity contribution in [3.63, 3.8) is 0 Å². The molecule has 1 aromatic carbocycles. The van der Waals surface area contributed by atoms with E-state index in [1.54, 1.807) is 19.1 Å². The van der Waals surface area contributed by atoms with Crippen molar-refractivity contribution in [3.8, 4) is 0 Å². The molecular weight excluding hydrogens is 145 g/mol. The number of benzene rings is 1. The average Bonchev–Trinajstić information content (AvgIpc) is 2.31. The van der Waals surface area contributed by atoms with Gasteiger partial charge in [-0.2, -0.15) is 0 Å². The number of hydrogen-bond donors (Lipinski definition) is 0. The Hall–Kier alpha value is -1.38. The molecule has 3 heteroatoms. The molecule has 0 spiro atoms. The van der Waals surface area contributed by atoms with E-state index in [4.69, 9.17) is 4.42 Å². The first kappa shape index (κ1) is 6.34. The fourth-order valence-electron chi connectivity index (χ4n) is 1.03. The van der Waals surface area contributed by atoms with Crippen LogP contribution in [-0.4, -0.2) is 4.98 Å². The first-order chi connectivity index (χ1) is 5.27. The molecule has 11 heavy (non-hydrogen) atoms. The van der Waals surface area contributed by atoms with Gasteiger partial charge in [0.05, 0.1) is 0 Å². The van der Waals surface area contributed by atoms with Gasteiger partial charge < -0.3 is 4.42 Å². The predicted octanol–water partition coefficient (Wildman–Crippen LogP) is 2.28. The summed E-state index contributed by atoms with van der Waals surface area (Å²) in [5, 5.41) is 0. The zero-order chi connectivity index (χ0) is 7.84. The Morgan fingerprint density at radius 3 is 3.00 bits per heavy atom. The third-order valence-corrected chi connectivity index (χ3v) is 1.47. The molecule has 0 aliphatic carbocycles. The Labute approximate surface area is 62.7 Å². The highest BCUT2D eigenvalue weighted by Gasteiger charge is 2.05. The largest absolute Gasteiger partial charge is 0.438 e. The highest BCUT2D eigenvalue weighted by Crippen LogP contribution is 2.17. The minimum absolute atomic E-state index is 0.241. The summed E-state index contributed by atoms with van der Waals surface area (Å²) in [5.74, 6) is 0.133. The number of fused-ring (bicyclic) bond motifs is 1. The number of halogens is 1. The lowest BCUT2D eigenvalue weighted by molar-refractivity contribution is 0.528. The number of rotatable bonds is 0. The first-order valence-electron chi connectivity index (χ1n) is 3.29. The van der Waals surface area contributed by atoms with Gasteiger partial charge in [-0.3, -0.25) is 0 Å². The van der Waals surface area contributed by atoms with Crippen LogP contribution in [0.2, 0.25) is 0 Å². The van der Waals surface area contributed by atoms with Crippen molar-refractivity contribution in [3.05, 3.63) is 29.9 Å². The zero-order valence-electron chi connectivity index (χ0n) is 5.97. The fourth-order valence-corrected chi connectivity index (χ4v) is 1.03. The molecule has 2 aromatic rings. The lowest BCUT2D eigenvalue weighted by Gasteiger charge is -1.85. The van der Waals surface area contributed by atoms with Crippen LogP contribution in [0.1, 0.15) is 5.89 Å². The first-order valence-corrected chi connectivity index (χ1v) is 3.29. The number of nitrogens with zero attached hydrogens (tertiary/aromatic N) is 1. The van der Waals surface area contributed by atoms with Crippen molar-refractivity contribution in [2.45, 2.75) is 6.92 Å². The molecular formula is C8H6FNO. The van der Waals surface area contributed by atoms with Crippen molar-refractivity contribution < 1.29 is 8.81 Å². The average molecular weight is 151 g/mol. The molecule has 0 saturated heterocycles. The van der Waals surface area contributed by atoms with Crippen molar-refractivity contribution in [2.75, 3.05) is 0 Å². The molecule has 1 heterocycles. The van der Waals surface area contributed by atoms with Crippen molar-refractivity contribution >= 4 is 11.1 Å². The van der Waals surface area contributed by atoms with Gasteiger partial charge in [0.1, 0.15) is 5.52 Å². The van der Waals surface area contributed by atoms with Crippen LogP contribution in [0.3, 0.4) is 0 Å². The molecule has 0 amide bonds. The molecule has 0 N–H and O–H groups in total. The van der Waals surface area contributed by atoms with E-state index in [0.717, 1.165) is 0 Å². The van der Waals surface area contributed by atoms with Gasteiger partial charge in [0, 0.05) is 6.92 Å². The topological polar surface area (TPSA) is 26.0 Å². The van der Waals surface area contributed by atoms with Crippen LogP contribution < -0.4 is 0 Å². The molecule has 0 atom stereocenters. The standard InChI is InChI=1S/C8H6FNO/c1-5-10-7-4-2-3-6(9)8(7)11-5/h2-4H,1H3. The van der Waals surface area contributed by atoms with Gasteiger partial charge in [-0.15, -0.1) is 0 Å². The van der Waals surface area contributed by atoms with Crippen molar-refractivity contribution in [1.29, 1.82) is 0 Å². The Kier molecular flexibility index (Phi) is 1.18. The quantitative estimate of drug-likeness (QED) is 0.577. The highest BCUT2D eigenvalue weighted by atomic mass is 19.1. The Morgan fingerprint density at radius 1 is 1.45 bits per heavy atom. The second-order valence-corrected chi connectivity index (χ2v) is 2.32. The van der Waals surface area contributed by atoms with E-state index < -0.39 is 0 Å². The van der Waals surface area contributed by atoms with Crippen LogP contribution in [0.4, 0.5) is 4.39 Å². The maximum atomic E-state index is 12.9. The number of para-hydroxylation sites is 1. The lowest BCUT2D eigenvalue weighted by Crippen LogP contribution is -1.72. The molecule has 0 fully saturated rings. The maximum absolute atomic E-state index is 12.9. The minimum atomic E-state index is -0.358. The lowest BCUT2D eigenvalue weighted by atomic mass is 10.3. The van der Waals surface area contributed by atoms with E-state index in [-0.39, 0.29) is 11.4 Å². The highest BCUT2D eigenvalue weighted by molar-refractivity contribution is 5.72. The van der Waals surface area contributed by atoms with E-state index in [0.29, 0.717) is 11.4 Å². The van der Waals surface area contributed by atoms with Crippen molar-refractivity contribution in [1.82, 2.24) is 4.98 Å². The molecule has 0 saturated carbocycles. The normalized spacial score (nSPS) is 10.7. The minimum Gasteiger partial charge on any atom is -0.438 e. The van der Waals surface area contributed by atoms with Crippen LogP contribution in [0, 0.1) is 12.7 Å². The van der Waals surface area contributed by atoms with E-state index in [2.05, 4.69) is 4.98 Å². The molecule has 0 unspecified atom stereocenters. The number of hydrogen-bond acceptors (Lipinski definition) is 2. The molecule has 2 rings (SSSR count). The molecule has 1 aromatic heterocycles. The summed E-state index contributed by atoms with van der Waals surface area (Å²) in [7, 11) is 0. The second-order valence-electron chi connectivity index (χ2n) is 2.32. The summed E-state index contributed by atoms with van der Waals surface area (Å²) < 4.78 is 17.9. The summed E-state index contributed by atoms with van der Waals surface area (Å²) >= 11 is 0. The van der Waals surface area contributed by atoms with Gasteiger partial charge >= 0.3 is 0 Å². The molecule has 2 nitrogen and oxygen atoms in total. The predicted molar refractivity (Wildman–Crippen MR) is 38.7 cm³/mol. The molecule has 0 aliphatic rings. The fraction of sp³-hybridized carbons (Fsp3) is 0.125. The van der Waals surface area contributed by atoms with Gasteiger partial charge in [0.2, 0.25) is 0 Å². The van der Waals surface area contributed by atoms with Gasteiger partial charge in [-0.1, -0.05) is 6.07 Å². The van der Waals surface area contributed by atoms with Gasteiger partial charge in [-0.25, -0.2) is 9.37 Å². The third-order valence-electron chi connectivity index (χ3n) is 1.47. The van der Waals surface area contributed by atoms with E-state index >= 15 is 0 Å². The molecule has 0 aliphatic heterocycles. The Morgan fingerprint density at radius 2 is 2.27 bits per heavy atom. The summed E-state index contributed by atoms with van der Waals surface area (Å²) in [4.78, 5) is 3.97. The van der Waals surface area contributed by atoms with Gasteiger partial charge in [-0.05, 0) is 12.1 Å². The van der Waals surface area contributed by atoms with Crippen molar-refractivity contribution in [2.24, 2.45) is 0 Å². The zero-order valence-corrected chi connectivity index (χ0v) is 5.97. The van der Waals surface area contributed by atoms with Crippen LogP contribution in [0.25, 0.3) is 11.1 Å². The molecule has 0 radical (unpaired) electrons. The molecule has 56 valence electrons. The van der Waals surface area contributed by atoms with E-state index in [1.165, 1.54) is 6.07 Å². The number of aryl methyl sites for hydroxylation is 1. The second kappa shape index (κ2) is 2.05. The summed E-state index contributed by atoms with van der Waals surface area (Å²) in [6.07, 6.45) is 0. The van der Waals surface area contributed by atoms with Gasteiger partial charge in [0.25, 0.3) is 0 Å². The van der Waals surface area contributed by atoms with Crippen LogP contribution in [0.15, 0.2) is 22.6 Å². The third kappa shape index (κ3) is 0.888. The summed E-state index contributed by atoms with van der Waals surface area (Å²) in [6.45, 7) is 1.69. The Bertz CT molecular complexity index is 394. The van der Waals surface area contributed by atoms with Crippen LogP contribution in [0.5, 0.6) is 0 Å². The smallest absolute Gasteiger partial charge is 0.192 e.